The van der Waals surface area contributed by atoms with Gasteiger partial charge in [-0.1, -0.05) is 18.9 Å². The summed E-state index contributed by atoms with van der Waals surface area (Å²) in [4.78, 5) is 17.3. The van der Waals surface area contributed by atoms with Crippen molar-refractivity contribution in [1.82, 2.24) is 0 Å². The van der Waals surface area contributed by atoms with Crippen LogP contribution in [0, 0.1) is 34.5 Å². The summed E-state index contributed by atoms with van der Waals surface area (Å²) in [5.41, 5.74) is 0.302. The van der Waals surface area contributed by atoms with E-state index >= 15 is 0 Å². The standard InChI is InChI=1S/C21H32O5/c1-12(22)15-4-5-16-14-10-18-21(24-18)11-13(25-26-23)6-9-20(21,3)17(14)7-8-19(15,16)2/h13-18,23H,4-11H2,1-3H3/t13-,14?,15+,16?,17?,18+,19+,20+,21+/m0/s1. The molecule has 1 heterocycles. The minimum Gasteiger partial charge on any atom is -0.365 e. The molecule has 0 radical (unpaired) electrons. The molecule has 9 atom stereocenters. The topological polar surface area (TPSA) is 68.3 Å². The molecule has 0 aromatic rings. The summed E-state index contributed by atoms with van der Waals surface area (Å²) in [7, 11) is 0. The van der Waals surface area contributed by atoms with Crippen LogP contribution in [-0.4, -0.2) is 28.8 Å². The van der Waals surface area contributed by atoms with Crippen molar-refractivity contribution < 1.29 is 24.7 Å². The second-order valence-electron chi connectivity index (χ2n) is 10.3. The molecule has 5 aliphatic rings. The fraction of sp³-hybridized carbons (Fsp3) is 0.952. The van der Waals surface area contributed by atoms with Crippen LogP contribution in [0.15, 0.2) is 0 Å². The number of rotatable bonds is 3. The number of carbonyl (C=O) groups is 1. The highest BCUT2D eigenvalue weighted by molar-refractivity contribution is 5.79. The molecule has 3 unspecified atom stereocenters. The van der Waals surface area contributed by atoms with Crippen LogP contribution in [0.5, 0.6) is 0 Å². The van der Waals surface area contributed by atoms with E-state index < -0.39 is 0 Å². The molecule has 5 nitrogen and oxygen atoms in total. The normalized spacial score (nSPS) is 57.5. The van der Waals surface area contributed by atoms with Crippen LogP contribution in [-0.2, 0) is 19.5 Å². The summed E-state index contributed by atoms with van der Waals surface area (Å²) in [6.07, 6.45) is 8.88. The van der Waals surface area contributed by atoms with Crippen molar-refractivity contribution in [3.63, 3.8) is 0 Å². The fourth-order valence-corrected chi connectivity index (χ4v) is 8.45. The zero-order valence-corrected chi connectivity index (χ0v) is 16.2. The molecule has 26 heavy (non-hydrogen) atoms. The van der Waals surface area contributed by atoms with E-state index in [1.807, 2.05) is 0 Å². The highest BCUT2D eigenvalue weighted by Crippen LogP contribution is 2.74. The van der Waals surface area contributed by atoms with Crippen molar-refractivity contribution in [3.05, 3.63) is 0 Å². The first kappa shape index (κ1) is 17.6. The van der Waals surface area contributed by atoms with E-state index in [4.69, 9.17) is 14.9 Å². The lowest BCUT2D eigenvalue weighted by molar-refractivity contribution is -0.509. The maximum atomic E-state index is 12.3. The third-order valence-corrected chi connectivity index (χ3v) is 9.71. The minimum atomic E-state index is -0.0814. The van der Waals surface area contributed by atoms with Gasteiger partial charge in [0, 0.05) is 17.8 Å². The Morgan fingerprint density at radius 3 is 2.65 bits per heavy atom. The van der Waals surface area contributed by atoms with Crippen LogP contribution in [0.3, 0.4) is 0 Å². The van der Waals surface area contributed by atoms with E-state index in [2.05, 4.69) is 18.9 Å². The van der Waals surface area contributed by atoms with Crippen molar-refractivity contribution in [2.45, 2.75) is 89.9 Å². The zero-order valence-electron chi connectivity index (χ0n) is 16.2. The molecular weight excluding hydrogens is 332 g/mol. The number of carbonyl (C=O) groups excluding carboxylic acids is 1. The monoisotopic (exact) mass is 364 g/mol. The van der Waals surface area contributed by atoms with Crippen LogP contribution in [0.2, 0.25) is 0 Å². The summed E-state index contributed by atoms with van der Waals surface area (Å²) in [5, 5.41) is 12.7. The predicted molar refractivity (Wildman–Crippen MR) is 94.0 cm³/mol. The van der Waals surface area contributed by atoms with Crippen molar-refractivity contribution in [3.8, 4) is 0 Å². The molecule has 0 bridgehead atoms. The molecule has 146 valence electrons. The second-order valence-corrected chi connectivity index (χ2v) is 10.3. The van der Waals surface area contributed by atoms with Gasteiger partial charge < -0.3 is 4.74 Å². The first-order valence-electron chi connectivity index (χ1n) is 10.5. The highest BCUT2D eigenvalue weighted by Gasteiger charge is 2.76. The van der Waals surface area contributed by atoms with E-state index in [0.29, 0.717) is 29.6 Å². The maximum absolute atomic E-state index is 12.3. The Balaban J connectivity index is 1.44. The van der Waals surface area contributed by atoms with Crippen LogP contribution < -0.4 is 0 Å². The molecule has 5 heteroatoms. The van der Waals surface area contributed by atoms with Crippen molar-refractivity contribution in [2.75, 3.05) is 0 Å². The summed E-state index contributed by atoms with van der Waals surface area (Å²) < 4.78 is 6.41. The Morgan fingerprint density at radius 1 is 1.12 bits per heavy atom. The molecule has 1 spiro atoms. The van der Waals surface area contributed by atoms with Crippen LogP contribution in [0.1, 0.15) is 72.1 Å². The van der Waals surface area contributed by atoms with Gasteiger partial charge >= 0.3 is 0 Å². The van der Waals surface area contributed by atoms with Crippen LogP contribution in [0.25, 0.3) is 0 Å². The van der Waals surface area contributed by atoms with Gasteiger partial charge in [0.05, 0.1) is 12.2 Å². The number of ketones is 1. The van der Waals surface area contributed by atoms with Gasteiger partial charge in [-0.3, -0.25) is 4.79 Å². The van der Waals surface area contributed by atoms with E-state index in [1.165, 1.54) is 19.3 Å². The van der Waals surface area contributed by atoms with Gasteiger partial charge in [0.25, 0.3) is 0 Å². The average molecular weight is 364 g/mol. The van der Waals surface area contributed by atoms with Crippen molar-refractivity contribution >= 4 is 5.78 Å². The molecule has 1 aliphatic heterocycles. The lowest BCUT2D eigenvalue weighted by atomic mass is 9.44. The smallest absolute Gasteiger partial charge is 0.133 e. The Morgan fingerprint density at radius 2 is 1.92 bits per heavy atom. The van der Waals surface area contributed by atoms with Crippen LogP contribution >= 0.6 is 0 Å². The Kier molecular flexibility index (Phi) is 3.74. The van der Waals surface area contributed by atoms with Gasteiger partial charge in [-0.25, -0.2) is 10.1 Å². The van der Waals surface area contributed by atoms with Gasteiger partial charge in [-0.15, -0.1) is 0 Å². The molecule has 5 fully saturated rings. The van der Waals surface area contributed by atoms with Gasteiger partial charge in [0.1, 0.15) is 11.4 Å². The number of hydrogen-bond donors (Lipinski definition) is 1. The molecule has 0 amide bonds. The lowest BCUT2D eigenvalue weighted by Crippen LogP contribution is -2.58. The quantitative estimate of drug-likeness (QED) is 0.463. The first-order chi connectivity index (χ1) is 12.4. The Labute approximate surface area is 155 Å². The van der Waals surface area contributed by atoms with Crippen LogP contribution in [0.4, 0.5) is 0 Å². The molecule has 4 saturated carbocycles. The summed E-state index contributed by atoms with van der Waals surface area (Å²) in [5.74, 6) is 2.70. The first-order valence-corrected chi connectivity index (χ1v) is 10.5. The Hall–Kier alpha value is -0.490. The molecule has 0 aromatic carbocycles. The van der Waals surface area contributed by atoms with E-state index in [1.54, 1.807) is 6.92 Å². The molecule has 1 N–H and O–H groups in total. The number of ether oxygens (including phenoxy) is 1. The molecular formula is C21H32O5. The van der Waals surface area contributed by atoms with Gasteiger partial charge in [0.2, 0.25) is 0 Å². The molecule has 5 rings (SSSR count). The van der Waals surface area contributed by atoms with E-state index in [0.717, 1.165) is 32.1 Å². The molecule has 1 saturated heterocycles. The van der Waals surface area contributed by atoms with Crippen molar-refractivity contribution in [1.29, 1.82) is 0 Å². The van der Waals surface area contributed by atoms with E-state index in [9.17, 15) is 4.79 Å². The number of fused-ring (bicyclic) bond motifs is 4. The predicted octanol–water partition coefficient (Wildman–Crippen LogP) is 4.16. The molecule has 0 aromatic heterocycles. The largest absolute Gasteiger partial charge is 0.365 e. The summed E-state index contributed by atoms with van der Waals surface area (Å²) >= 11 is 0. The molecule has 4 aliphatic carbocycles. The second kappa shape index (κ2) is 5.53. The fourth-order valence-electron chi connectivity index (χ4n) is 8.45. The number of Topliss-reactive ketones (excluding diaryl/α,β-unsaturated/α-hetero) is 1. The third kappa shape index (κ3) is 2.04. The maximum Gasteiger partial charge on any atom is 0.133 e. The lowest BCUT2D eigenvalue weighted by Gasteiger charge is -2.59. The van der Waals surface area contributed by atoms with E-state index in [-0.39, 0.29) is 28.5 Å². The number of hydrogen-bond acceptors (Lipinski definition) is 5. The minimum absolute atomic E-state index is 0.0722. The number of epoxide rings is 1. The zero-order chi connectivity index (χ0) is 18.3. The van der Waals surface area contributed by atoms with Gasteiger partial charge in [-0.05, 0) is 75.0 Å². The van der Waals surface area contributed by atoms with Gasteiger partial charge in [-0.2, -0.15) is 0 Å². The SMILES string of the molecule is CC(=O)[C@H]1CCC2C3C[C@H]4O[C@]45C[C@@H](OOO)CC[C@]5(C)C3CC[C@@]21C. The Bertz CT molecular complexity index is 622. The average Bonchev–Trinajstić information content (AvgIpc) is 3.16. The highest BCUT2D eigenvalue weighted by atomic mass is 17.5. The van der Waals surface area contributed by atoms with Gasteiger partial charge in [0.15, 0.2) is 0 Å². The third-order valence-electron chi connectivity index (χ3n) is 9.71. The summed E-state index contributed by atoms with van der Waals surface area (Å²) in [6, 6.07) is 0. The van der Waals surface area contributed by atoms with Crippen molar-refractivity contribution in [2.24, 2.45) is 34.5 Å². The summed E-state index contributed by atoms with van der Waals surface area (Å²) in [6.45, 7) is 6.64.